The zero-order valence-electron chi connectivity index (χ0n) is 5.39. The van der Waals surface area contributed by atoms with Gasteiger partial charge in [-0.05, 0) is 55.8 Å². The summed E-state index contributed by atoms with van der Waals surface area (Å²) >= 11 is 6.15. The number of fused-ring (bicyclic) bond motifs is 1. The van der Waals surface area contributed by atoms with Crippen LogP contribution in [-0.2, 0) is 9.84 Å². The number of allylic oxidation sites excluding steroid dienone is 2. The van der Waals surface area contributed by atoms with Gasteiger partial charge in [0, 0.05) is 0 Å². The highest BCUT2D eigenvalue weighted by Gasteiger charge is 2.39. The van der Waals surface area contributed by atoms with Crippen molar-refractivity contribution in [1.29, 1.82) is 0 Å². The second-order valence-corrected chi connectivity index (χ2v) is 6.97. The largest absolute Gasteiger partial charge is 0.220 e. The van der Waals surface area contributed by atoms with Gasteiger partial charge >= 0.3 is 0 Å². The fourth-order valence-corrected chi connectivity index (χ4v) is 4.97. The van der Waals surface area contributed by atoms with E-state index in [-0.39, 0.29) is 0 Å². The second kappa shape index (κ2) is 2.20. The second-order valence-electron chi connectivity index (χ2n) is 2.51. The van der Waals surface area contributed by atoms with E-state index in [9.17, 15) is 8.42 Å². The summed E-state index contributed by atoms with van der Waals surface area (Å²) in [6.45, 7) is 0. The summed E-state index contributed by atoms with van der Waals surface area (Å²) in [4.78, 5) is 0. The van der Waals surface area contributed by atoms with Crippen LogP contribution in [0.4, 0.5) is 0 Å². The van der Waals surface area contributed by atoms with Crippen LogP contribution in [0, 0.1) is 0 Å². The lowest BCUT2D eigenvalue weighted by Gasteiger charge is -2.16. The Morgan fingerprint density at radius 1 is 1.00 bits per heavy atom. The summed E-state index contributed by atoms with van der Waals surface area (Å²) in [7, 11) is -3.15. The molecule has 1 aliphatic carbocycles. The lowest BCUT2D eigenvalue weighted by atomic mass is 9.89. The van der Waals surface area contributed by atoms with Crippen LogP contribution in [0.25, 0.3) is 0 Å². The SMILES string of the molecule is O=S1(=O)C(Br)=C2CCC2=C1Br. The lowest BCUT2D eigenvalue weighted by Crippen LogP contribution is -2.00. The summed E-state index contributed by atoms with van der Waals surface area (Å²) in [5, 5.41) is 0. The third kappa shape index (κ3) is 0.847. The molecular formula is C6H4Br2O2S. The molecule has 1 fully saturated rings. The van der Waals surface area contributed by atoms with Crippen LogP contribution in [0.2, 0.25) is 0 Å². The van der Waals surface area contributed by atoms with E-state index in [1.165, 1.54) is 0 Å². The molecule has 0 amide bonds. The molecule has 5 heteroatoms. The predicted molar refractivity (Wildman–Crippen MR) is 50.1 cm³/mol. The standard InChI is InChI=1S/C6H4Br2O2S/c7-5-3-1-2-4(3)6(8)11(5,9)10/h1-2H2. The van der Waals surface area contributed by atoms with E-state index in [1.54, 1.807) is 0 Å². The van der Waals surface area contributed by atoms with Crippen LogP contribution < -0.4 is 0 Å². The fourth-order valence-electron chi connectivity index (χ4n) is 1.21. The Morgan fingerprint density at radius 3 is 1.55 bits per heavy atom. The van der Waals surface area contributed by atoms with Crippen molar-refractivity contribution in [3.05, 3.63) is 18.8 Å². The molecule has 2 aliphatic rings. The van der Waals surface area contributed by atoms with Crippen molar-refractivity contribution in [3.63, 3.8) is 0 Å². The molecule has 0 spiro atoms. The molecule has 2 nitrogen and oxygen atoms in total. The van der Waals surface area contributed by atoms with Gasteiger partial charge in [-0.25, -0.2) is 8.42 Å². The van der Waals surface area contributed by atoms with Gasteiger partial charge in [0.1, 0.15) is 7.63 Å². The van der Waals surface area contributed by atoms with Gasteiger partial charge in [-0.3, -0.25) is 0 Å². The fraction of sp³-hybridized carbons (Fsp3) is 0.333. The average molecular weight is 300 g/mol. The molecule has 0 aromatic carbocycles. The Balaban J connectivity index is 2.76. The predicted octanol–water partition coefficient (Wildman–Crippen LogP) is 2.42. The van der Waals surface area contributed by atoms with E-state index in [4.69, 9.17) is 0 Å². The molecule has 0 unspecified atom stereocenters. The zero-order chi connectivity index (χ0) is 8.22. The van der Waals surface area contributed by atoms with Gasteiger partial charge < -0.3 is 0 Å². The minimum atomic E-state index is -3.15. The quantitative estimate of drug-likeness (QED) is 0.688. The van der Waals surface area contributed by atoms with E-state index < -0.39 is 9.84 Å². The van der Waals surface area contributed by atoms with Crippen molar-refractivity contribution in [3.8, 4) is 0 Å². The number of hydrogen-bond donors (Lipinski definition) is 0. The van der Waals surface area contributed by atoms with E-state index in [2.05, 4.69) is 31.9 Å². The molecule has 0 radical (unpaired) electrons. The monoisotopic (exact) mass is 298 g/mol. The Bertz CT molecular complexity index is 357. The maximum absolute atomic E-state index is 11.3. The van der Waals surface area contributed by atoms with Gasteiger partial charge in [-0.15, -0.1) is 0 Å². The van der Waals surface area contributed by atoms with Crippen LogP contribution in [0.1, 0.15) is 12.8 Å². The first-order valence-corrected chi connectivity index (χ1v) is 6.15. The van der Waals surface area contributed by atoms with Crippen LogP contribution in [0.3, 0.4) is 0 Å². The molecule has 1 saturated carbocycles. The van der Waals surface area contributed by atoms with Crippen molar-refractivity contribution in [2.24, 2.45) is 0 Å². The van der Waals surface area contributed by atoms with Crippen molar-refractivity contribution in [2.45, 2.75) is 12.8 Å². The minimum absolute atomic E-state index is 0.359. The number of sulfone groups is 1. The van der Waals surface area contributed by atoms with Gasteiger partial charge in [-0.2, -0.15) is 0 Å². The third-order valence-electron chi connectivity index (χ3n) is 1.94. The first-order valence-electron chi connectivity index (χ1n) is 3.08. The molecule has 1 heterocycles. The summed E-state index contributed by atoms with van der Waals surface area (Å²) < 4.78 is 23.4. The molecule has 2 rings (SSSR count). The van der Waals surface area contributed by atoms with Crippen LogP contribution in [0.15, 0.2) is 18.8 Å². The summed E-state index contributed by atoms with van der Waals surface area (Å²) in [6.07, 6.45) is 1.76. The Kier molecular flexibility index (Phi) is 1.60. The number of hydrogen-bond acceptors (Lipinski definition) is 2. The molecular weight excluding hydrogens is 296 g/mol. The van der Waals surface area contributed by atoms with Crippen LogP contribution in [0.5, 0.6) is 0 Å². The molecule has 0 aromatic heterocycles. The molecule has 0 atom stereocenters. The van der Waals surface area contributed by atoms with Gasteiger partial charge in [0.15, 0.2) is 0 Å². The molecule has 1 aliphatic heterocycles. The molecule has 0 saturated heterocycles. The smallest absolute Gasteiger partial charge is 0.217 e. The van der Waals surface area contributed by atoms with Gasteiger partial charge in [0.2, 0.25) is 9.84 Å². The Morgan fingerprint density at radius 2 is 1.36 bits per heavy atom. The minimum Gasteiger partial charge on any atom is -0.217 e. The number of rotatable bonds is 0. The maximum Gasteiger partial charge on any atom is 0.220 e. The van der Waals surface area contributed by atoms with Crippen molar-refractivity contribution in [2.75, 3.05) is 0 Å². The van der Waals surface area contributed by atoms with Crippen LogP contribution in [-0.4, -0.2) is 8.42 Å². The van der Waals surface area contributed by atoms with Gasteiger partial charge in [0.25, 0.3) is 0 Å². The van der Waals surface area contributed by atoms with Crippen molar-refractivity contribution in [1.82, 2.24) is 0 Å². The lowest BCUT2D eigenvalue weighted by molar-refractivity contribution is 0.612. The Hall–Kier alpha value is 0.390. The van der Waals surface area contributed by atoms with E-state index >= 15 is 0 Å². The summed E-state index contributed by atoms with van der Waals surface area (Å²) in [5.74, 6) is 0. The molecule has 0 bridgehead atoms. The molecule has 0 N–H and O–H groups in total. The third-order valence-corrected chi connectivity index (χ3v) is 6.89. The molecule has 11 heavy (non-hydrogen) atoms. The van der Waals surface area contributed by atoms with E-state index in [1.807, 2.05) is 0 Å². The highest BCUT2D eigenvalue weighted by Crippen LogP contribution is 2.51. The summed E-state index contributed by atoms with van der Waals surface area (Å²) in [6, 6.07) is 0. The van der Waals surface area contributed by atoms with E-state index in [0.717, 1.165) is 24.0 Å². The number of halogens is 2. The first kappa shape index (κ1) is 8.01. The summed E-state index contributed by atoms with van der Waals surface area (Å²) in [5.41, 5.74) is 1.91. The highest BCUT2D eigenvalue weighted by molar-refractivity contribution is 9.16. The highest BCUT2D eigenvalue weighted by atomic mass is 79.9. The van der Waals surface area contributed by atoms with Gasteiger partial charge in [-0.1, -0.05) is 0 Å². The Labute approximate surface area is 81.5 Å². The zero-order valence-corrected chi connectivity index (χ0v) is 9.38. The first-order chi connectivity index (χ1) is 5.05. The molecule has 0 aromatic rings. The van der Waals surface area contributed by atoms with Crippen LogP contribution >= 0.6 is 31.9 Å². The topological polar surface area (TPSA) is 34.1 Å². The molecule has 60 valence electrons. The normalized spacial score (nSPS) is 27.1. The van der Waals surface area contributed by atoms with Gasteiger partial charge in [0.05, 0.1) is 0 Å². The van der Waals surface area contributed by atoms with Crippen molar-refractivity contribution >= 4 is 41.7 Å². The maximum atomic E-state index is 11.3. The van der Waals surface area contributed by atoms with Crippen molar-refractivity contribution < 1.29 is 8.42 Å². The van der Waals surface area contributed by atoms with E-state index in [0.29, 0.717) is 7.63 Å². The average Bonchev–Trinajstić information content (AvgIpc) is 1.92.